The Morgan fingerprint density at radius 3 is 2.38 bits per heavy atom. The highest BCUT2D eigenvalue weighted by Crippen LogP contribution is 2.42. The molecule has 1 aliphatic heterocycles. The number of nitrogens with zero attached hydrogens (tertiary/aromatic N) is 1. The smallest absolute Gasteiger partial charge is 0.275 e. The largest absolute Gasteiger partial charge is 0.342 e. The number of para-hydroxylation sites is 1. The van der Waals surface area contributed by atoms with Crippen LogP contribution in [0, 0.1) is 17.0 Å². The number of benzene rings is 2. The molecule has 107 valence electrons. The van der Waals surface area contributed by atoms with E-state index in [0.717, 1.165) is 5.56 Å². The van der Waals surface area contributed by atoms with E-state index < -0.39 is 23.4 Å². The van der Waals surface area contributed by atoms with Gasteiger partial charge in [0.25, 0.3) is 5.69 Å². The zero-order valence-corrected chi connectivity index (χ0v) is 11.2. The molecule has 3 atom stereocenters. The van der Waals surface area contributed by atoms with E-state index >= 15 is 0 Å². The van der Waals surface area contributed by atoms with Crippen LogP contribution < -0.4 is 0 Å². The lowest BCUT2D eigenvalue weighted by molar-refractivity contribution is -0.386. The molecule has 0 saturated carbocycles. The minimum atomic E-state index is -0.559. The van der Waals surface area contributed by atoms with Crippen molar-refractivity contribution in [1.82, 2.24) is 0 Å². The van der Waals surface area contributed by atoms with Crippen LogP contribution in [0.3, 0.4) is 0 Å². The van der Waals surface area contributed by atoms with Crippen molar-refractivity contribution in [2.24, 2.45) is 0 Å². The Labute approximate surface area is 122 Å². The van der Waals surface area contributed by atoms with Crippen LogP contribution in [0.25, 0.3) is 0 Å². The second-order valence-electron chi connectivity index (χ2n) is 4.79. The first-order chi connectivity index (χ1) is 10.2. The molecular weight excluding hydrogens is 270 g/mol. The molecule has 1 saturated heterocycles. The molecule has 0 bridgehead atoms. The molecule has 3 rings (SSSR count). The van der Waals surface area contributed by atoms with Crippen LogP contribution in [0.4, 0.5) is 5.69 Å². The number of ether oxygens (including phenoxy) is 2. The molecule has 0 aromatic heterocycles. The van der Waals surface area contributed by atoms with Crippen molar-refractivity contribution in [3.63, 3.8) is 0 Å². The van der Waals surface area contributed by atoms with Crippen LogP contribution >= 0.6 is 0 Å². The standard InChI is InChI=1S/C16H14NO4/c1-11-15(13-9-5-6-10-14(13)17(18)19)21-16(20-11)12-7-3-2-4-8-12/h2-11,15-16H,1H2/t11-,15+,16?/m1/s1. The molecule has 1 radical (unpaired) electrons. The first kappa shape index (κ1) is 13.7. The molecule has 21 heavy (non-hydrogen) atoms. The molecule has 0 aliphatic carbocycles. The predicted molar refractivity (Wildman–Crippen MR) is 76.3 cm³/mol. The van der Waals surface area contributed by atoms with Gasteiger partial charge in [0, 0.05) is 11.6 Å². The fourth-order valence-corrected chi connectivity index (χ4v) is 2.42. The zero-order chi connectivity index (χ0) is 14.8. The Balaban J connectivity index is 1.89. The molecule has 2 aromatic carbocycles. The summed E-state index contributed by atoms with van der Waals surface area (Å²) in [6.45, 7) is 3.90. The first-order valence-corrected chi connectivity index (χ1v) is 6.59. The van der Waals surface area contributed by atoms with Gasteiger partial charge in [-0.05, 0) is 13.0 Å². The maximum absolute atomic E-state index is 11.1. The SMILES string of the molecule is [CH2][C@H]1OC(c2ccccc2)O[C@@H]1c1ccccc1[N+](=O)[O-]. The summed E-state index contributed by atoms with van der Waals surface area (Å²) in [6, 6.07) is 16.0. The maximum Gasteiger partial charge on any atom is 0.275 e. The quantitative estimate of drug-likeness (QED) is 0.638. The fraction of sp³-hybridized carbons (Fsp3) is 0.188. The average molecular weight is 284 g/mol. The molecule has 1 unspecified atom stereocenters. The summed E-state index contributed by atoms with van der Waals surface area (Å²) in [4.78, 5) is 10.7. The van der Waals surface area contributed by atoms with Crippen LogP contribution in [0.5, 0.6) is 0 Å². The van der Waals surface area contributed by atoms with Crippen molar-refractivity contribution in [2.45, 2.75) is 18.5 Å². The Kier molecular flexibility index (Phi) is 3.68. The third-order valence-corrected chi connectivity index (χ3v) is 3.42. The van der Waals surface area contributed by atoms with Gasteiger partial charge in [-0.3, -0.25) is 10.1 Å². The Hall–Kier alpha value is -2.24. The summed E-state index contributed by atoms with van der Waals surface area (Å²) < 4.78 is 11.5. The van der Waals surface area contributed by atoms with Crippen molar-refractivity contribution >= 4 is 5.69 Å². The fourth-order valence-electron chi connectivity index (χ4n) is 2.42. The highest BCUT2D eigenvalue weighted by Gasteiger charge is 2.38. The van der Waals surface area contributed by atoms with E-state index in [1.54, 1.807) is 18.2 Å². The molecule has 0 amide bonds. The summed E-state index contributed by atoms with van der Waals surface area (Å²) in [5.41, 5.74) is 1.38. The van der Waals surface area contributed by atoms with Crippen molar-refractivity contribution < 1.29 is 14.4 Å². The summed E-state index contributed by atoms with van der Waals surface area (Å²) >= 11 is 0. The van der Waals surface area contributed by atoms with Gasteiger partial charge in [-0.1, -0.05) is 42.5 Å². The van der Waals surface area contributed by atoms with Crippen LogP contribution in [0.1, 0.15) is 23.5 Å². The molecule has 1 fully saturated rings. The molecule has 0 spiro atoms. The van der Waals surface area contributed by atoms with Gasteiger partial charge in [0.1, 0.15) is 6.10 Å². The predicted octanol–water partition coefficient (Wildman–Crippen LogP) is 3.58. The summed E-state index contributed by atoms with van der Waals surface area (Å²) in [5, 5.41) is 11.1. The van der Waals surface area contributed by atoms with E-state index in [1.807, 2.05) is 30.3 Å². The highest BCUT2D eigenvalue weighted by atomic mass is 16.7. The van der Waals surface area contributed by atoms with E-state index in [9.17, 15) is 10.1 Å². The number of nitro groups is 1. The Morgan fingerprint density at radius 2 is 1.67 bits per heavy atom. The van der Waals surface area contributed by atoms with Crippen LogP contribution in [-0.2, 0) is 9.47 Å². The normalized spacial score (nSPS) is 24.9. The molecule has 2 aromatic rings. The van der Waals surface area contributed by atoms with Crippen LogP contribution in [-0.4, -0.2) is 11.0 Å². The average Bonchev–Trinajstić information content (AvgIpc) is 2.90. The second-order valence-corrected chi connectivity index (χ2v) is 4.79. The summed E-state index contributed by atoms with van der Waals surface area (Å²) in [5.74, 6) is 0. The minimum Gasteiger partial charge on any atom is -0.342 e. The van der Waals surface area contributed by atoms with E-state index in [-0.39, 0.29) is 5.69 Å². The first-order valence-electron chi connectivity index (χ1n) is 6.59. The summed E-state index contributed by atoms with van der Waals surface area (Å²) in [6.07, 6.45) is -1.62. The van der Waals surface area contributed by atoms with Crippen LogP contribution in [0.15, 0.2) is 54.6 Å². The second kappa shape index (κ2) is 5.63. The van der Waals surface area contributed by atoms with E-state index in [0.29, 0.717) is 5.56 Å². The molecule has 5 heteroatoms. The Morgan fingerprint density at radius 1 is 1.00 bits per heavy atom. The number of hydrogen-bond acceptors (Lipinski definition) is 4. The Bertz CT molecular complexity index is 644. The van der Waals surface area contributed by atoms with Gasteiger partial charge >= 0.3 is 0 Å². The van der Waals surface area contributed by atoms with Gasteiger partial charge in [-0.15, -0.1) is 0 Å². The van der Waals surface area contributed by atoms with Crippen molar-refractivity contribution in [3.05, 3.63) is 82.8 Å². The number of nitro benzene ring substituents is 1. The van der Waals surface area contributed by atoms with Gasteiger partial charge in [0.2, 0.25) is 0 Å². The lowest BCUT2D eigenvalue weighted by atomic mass is 10.0. The van der Waals surface area contributed by atoms with E-state index in [1.165, 1.54) is 6.07 Å². The molecule has 1 heterocycles. The van der Waals surface area contributed by atoms with Gasteiger partial charge in [0.05, 0.1) is 16.6 Å². The van der Waals surface area contributed by atoms with Gasteiger partial charge in [-0.2, -0.15) is 0 Å². The molecule has 5 nitrogen and oxygen atoms in total. The lowest BCUT2D eigenvalue weighted by Gasteiger charge is -2.13. The molecule has 1 aliphatic rings. The monoisotopic (exact) mass is 284 g/mol. The molecular formula is C16H14NO4. The molecule has 0 N–H and O–H groups in total. The minimum absolute atomic E-state index is 0.0217. The maximum atomic E-state index is 11.1. The lowest BCUT2D eigenvalue weighted by Crippen LogP contribution is -2.12. The van der Waals surface area contributed by atoms with E-state index in [2.05, 4.69) is 6.92 Å². The van der Waals surface area contributed by atoms with Crippen molar-refractivity contribution in [2.75, 3.05) is 0 Å². The van der Waals surface area contributed by atoms with Gasteiger partial charge in [0.15, 0.2) is 6.29 Å². The third-order valence-electron chi connectivity index (χ3n) is 3.42. The van der Waals surface area contributed by atoms with Gasteiger partial charge < -0.3 is 9.47 Å². The zero-order valence-electron chi connectivity index (χ0n) is 11.2. The highest BCUT2D eigenvalue weighted by molar-refractivity contribution is 5.42. The van der Waals surface area contributed by atoms with Crippen molar-refractivity contribution in [1.29, 1.82) is 0 Å². The third kappa shape index (κ3) is 2.66. The van der Waals surface area contributed by atoms with Crippen molar-refractivity contribution in [3.8, 4) is 0 Å². The number of hydrogen-bond donors (Lipinski definition) is 0. The summed E-state index contributed by atoms with van der Waals surface area (Å²) in [7, 11) is 0. The van der Waals surface area contributed by atoms with Crippen LogP contribution in [0.2, 0.25) is 0 Å². The topological polar surface area (TPSA) is 61.6 Å². The van der Waals surface area contributed by atoms with E-state index in [4.69, 9.17) is 9.47 Å². The van der Waals surface area contributed by atoms with Gasteiger partial charge in [-0.25, -0.2) is 0 Å². The number of rotatable bonds is 3.